The second kappa shape index (κ2) is 9.36. The van der Waals surface area contributed by atoms with Gasteiger partial charge in [0.05, 0.1) is 13.1 Å². The summed E-state index contributed by atoms with van der Waals surface area (Å²) in [6.45, 7) is 2.75. The zero-order chi connectivity index (χ0) is 18.1. The van der Waals surface area contributed by atoms with Gasteiger partial charge in [-0.2, -0.15) is 0 Å². The fourth-order valence-electron chi connectivity index (χ4n) is 2.08. The molecule has 0 unspecified atom stereocenters. The van der Waals surface area contributed by atoms with Gasteiger partial charge in [0.2, 0.25) is 5.91 Å². The van der Waals surface area contributed by atoms with Crippen molar-refractivity contribution in [3.05, 3.63) is 65.7 Å². The third kappa shape index (κ3) is 6.58. The summed E-state index contributed by atoms with van der Waals surface area (Å²) in [7, 11) is 0. The number of guanidine groups is 1. The van der Waals surface area contributed by atoms with Crippen LogP contribution in [0.5, 0.6) is 0 Å². The van der Waals surface area contributed by atoms with Gasteiger partial charge in [0.25, 0.3) is 0 Å². The maximum atomic E-state index is 13.2. The normalized spacial score (nSPS) is 11.1. The fourth-order valence-corrected chi connectivity index (χ4v) is 2.08. The highest BCUT2D eigenvalue weighted by molar-refractivity contribution is 5.94. The van der Waals surface area contributed by atoms with Crippen LogP contribution in [0.25, 0.3) is 0 Å². The molecule has 0 saturated heterocycles. The highest BCUT2D eigenvalue weighted by Crippen LogP contribution is 2.08. The van der Waals surface area contributed by atoms with E-state index in [1.165, 1.54) is 30.3 Å². The maximum Gasteiger partial charge on any atom is 0.243 e. The Hall–Kier alpha value is -2.96. The number of carbonyl (C=O) groups is 1. The molecule has 5 nitrogen and oxygen atoms in total. The van der Waals surface area contributed by atoms with Gasteiger partial charge in [-0.1, -0.05) is 18.2 Å². The summed E-state index contributed by atoms with van der Waals surface area (Å²) in [5, 5.41) is 8.47. The second-order valence-electron chi connectivity index (χ2n) is 5.24. The molecule has 0 heterocycles. The van der Waals surface area contributed by atoms with Crippen LogP contribution < -0.4 is 16.0 Å². The summed E-state index contributed by atoms with van der Waals surface area (Å²) in [6.07, 6.45) is 0. The molecule has 0 radical (unpaired) electrons. The van der Waals surface area contributed by atoms with E-state index in [2.05, 4.69) is 20.9 Å². The molecule has 0 saturated carbocycles. The summed E-state index contributed by atoms with van der Waals surface area (Å²) in [5.41, 5.74) is 1.11. The number of hydrogen-bond donors (Lipinski definition) is 3. The Labute approximate surface area is 145 Å². The van der Waals surface area contributed by atoms with Gasteiger partial charge in [-0.25, -0.2) is 13.8 Å². The molecule has 0 atom stereocenters. The number of hydrogen-bond acceptors (Lipinski definition) is 2. The average molecular weight is 346 g/mol. The van der Waals surface area contributed by atoms with Gasteiger partial charge in [0.1, 0.15) is 11.6 Å². The maximum absolute atomic E-state index is 13.2. The predicted molar refractivity (Wildman–Crippen MR) is 94.2 cm³/mol. The van der Waals surface area contributed by atoms with Crippen molar-refractivity contribution in [3.63, 3.8) is 0 Å². The van der Waals surface area contributed by atoms with Gasteiger partial charge in [0.15, 0.2) is 5.96 Å². The predicted octanol–water partition coefficient (Wildman–Crippen LogP) is 2.66. The molecule has 25 heavy (non-hydrogen) atoms. The molecule has 0 bridgehead atoms. The van der Waals surface area contributed by atoms with Gasteiger partial charge >= 0.3 is 0 Å². The van der Waals surface area contributed by atoms with E-state index in [9.17, 15) is 13.6 Å². The third-order valence-electron chi connectivity index (χ3n) is 3.18. The lowest BCUT2D eigenvalue weighted by atomic mass is 10.2. The van der Waals surface area contributed by atoms with E-state index >= 15 is 0 Å². The molecule has 2 aromatic carbocycles. The van der Waals surface area contributed by atoms with Crippen LogP contribution in [-0.2, 0) is 11.3 Å². The van der Waals surface area contributed by atoms with E-state index < -0.39 is 5.82 Å². The number of nitrogens with one attached hydrogen (secondary N) is 3. The summed E-state index contributed by atoms with van der Waals surface area (Å²) >= 11 is 0. The zero-order valence-corrected chi connectivity index (χ0v) is 13.9. The largest absolute Gasteiger partial charge is 0.357 e. The summed E-state index contributed by atoms with van der Waals surface area (Å²) in [5.74, 6) is -0.640. The first-order chi connectivity index (χ1) is 12.1. The average Bonchev–Trinajstić information content (AvgIpc) is 2.57. The summed E-state index contributed by atoms with van der Waals surface area (Å²) in [6, 6.07) is 11.8. The zero-order valence-electron chi connectivity index (χ0n) is 13.9. The van der Waals surface area contributed by atoms with Gasteiger partial charge < -0.3 is 16.0 Å². The quantitative estimate of drug-likeness (QED) is 0.557. The van der Waals surface area contributed by atoms with Crippen LogP contribution in [0.1, 0.15) is 12.5 Å². The van der Waals surface area contributed by atoms with Crippen molar-refractivity contribution < 1.29 is 13.6 Å². The van der Waals surface area contributed by atoms with Crippen LogP contribution in [-0.4, -0.2) is 25.0 Å². The lowest BCUT2D eigenvalue weighted by Crippen LogP contribution is -2.41. The van der Waals surface area contributed by atoms with Crippen molar-refractivity contribution in [1.29, 1.82) is 0 Å². The number of benzene rings is 2. The monoisotopic (exact) mass is 346 g/mol. The molecule has 2 rings (SSSR count). The Morgan fingerprint density at radius 2 is 1.76 bits per heavy atom. The Balaban J connectivity index is 1.89. The lowest BCUT2D eigenvalue weighted by Gasteiger charge is -2.11. The molecule has 0 fully saturated rings. The van der Waals surface area contributed by atoms with Crippen LogP contribution >= 0.6 is 0 Å². The van der Waals surface area contributed by atoms with Crippen molar-refractivity contribution in [2.75, 3.05) is 18.4 Å². The summed E-state index contributed by atoms with van der Waals surface area (Å²) in [4.78, 5) is 16.2. The Morgan fingerprint density at radius 3 is 2.44 bits per heavy atom. The van der Waals surface area contributed by atoms with Crippen molar-refractivity contribution in [1.82, 2.24) is 10.6 Å². The van der Waals surface area contributed by atoms with E-state index in [1.54, 1.807) is 18.2 Å². The van der Waals surface area contributed by atoms with Gasteiger partial charge in [0, 0.05) is 12.2 Å². The van der Waals surface area contributed by atoms with Crippen LogP contribution in [0.4, 0.5) is 14.5 Å². The molecule has 1 amide bonds. The molecule has 0 aliphatic carbocycles. The Bertz CT molecular complexity index is 749. The van der Waals surface area contributed by atoms with E-state index in [0.717, 1.165) is 5.56 Å². The standard InChI is InChI=1S/C18H20F2N4O/c1-2-21-18(22-11-13-5-3-6-14(19)9-13)23-12-17(25)24-16-8-4-7-15(20)10-16/h3-10H,2,11-12H2,1H3,(H,24,25)(H2,21,22,23). The van der Waals surface area contributed by atoms with Crippen LogP contribution in [0, 0.1) is 11.6 Å². The first kappa shape index (κ1) is 18.4. The molecule has 7 heteroatoms. The highest BCUT2D eigenvalue weighted by atomic mass is 19.1. The molecular formula is C18H20F2N4O. The Morgan fingerprint density at radius 1 is 1.04 bits per heavy atom. The molecule has 3 N–H and O–H groups in total. The van der Waals surface area contributed by atoms with Crippen LogP contribution in [0.3, 0.4) is 0 Å². The van der Waals surface area contributed by atoms with Crippen molar-refractivity contribution in [2.24, 2.45) is 4.99 Å². The smallest absolute Gasteiger partial charge is 0.243 e. The SMILES string of the molecule is CCNC(=NCc1cccc(F)c1)NCC(=O)Nc1cccc(F)c1. The number of amides is 1. The minimum absolute atomic E-state index is 0.0362. The fraction of sp³-hybridized carbons (Fsp3) is 0.222. The van der Waals surface area contributed by atoms with Gasteiger partial charge in [-0.05, 0) is 42.8 Å². The molecule has 0 aromatic heterocycles. The first-order valence-electron chi connectivity index (χ1n) is 7.89. The van der Waals surface area contributed by atoms with Crippen molar-refractivity contribution in [3.8, 4) is 0 Å². The number of halogens is 2. The second-order valence-corrected chi connectivity index (χ2v) is 5.24. The van der Waals surface area contributed by atoms with E-state index in [4.69, 9.17) is 0 Å². The number of rotatable bonds is 6. The van der Waals surface area contributed by atoms with Crippen molar-refractivity contribution >= 4 is 17.6 Å². The number of anilines is 1. The highest BCUT2D eigenvalue weighted by Gasteiger charge is 2.05. The molecular weight excluding hydrogens is 326 g/mol. The summed E-state index contributed by atoms with van der Waals surface area (Å²) < 4.78 is 26.3. The minimum Gasteiger partial charge on any atom is -0.357 e. The number of carbonyl (C=O) groups excluding carboxylic acids is 1. The van der Waals surface area contributed by atoms with Crippen molar-refractivity contribution in [2.45, 2.75) is 13.5 Å². The molecule has 0 spiro atoms. The van der Waals surface area contributed by atoms with E-state index in [1.807, 2.05) is 6.92 Å². The van der Waals surface area contributed by atoms with Crippen LogP contribution in [0.15, 0.2) is 53.5 Å². The first-order valence-corrected chi connectivity index (χ1v) is 7.89. The minimum atomic E-state index is -0.421. The van der Waals surface area contributed by atoms with Gasteiger partial charge in [-0.15, -0.1) is 0 Å². The third-order valence-corrected chi connectivity index (χ3v) is 3.18. The number of aliphatic imine (C=N–C) groups is 1. The van der Waals surface area contributed by atoms with Crippen LogP contribution in [0.2, 0.25) is 0 Å². The molecule has 0 aliphatic heterocycles. The van der Waals surface area contributed by atoms with Gasteiger partial charge in [-0.3, -0.25) is 4.79 Å². The lowest BCUT2D eigenvalue weighted by molar-refractivity contribution is -0.115. The Kier molecular flexibility index (Phi) is 6.88. The molecule has 132 valence electrons. The molecule has 0 aliphatic rings. The molecule has 2 aromatic rings. The van der Waals surface area contributed by atoms with E-state index in [-0.39, 0.29) is 24.8 Å². The van der Waals surface area contributed by atoms with E-state index in [0.29, 0.717) is 18.2 Å². The topological polar surface area (TPSA) is 65.5 Å². The number of nitrogens with zero attached hydrogens (tertiary/aromatic N) is 1.